The van der Waals surface area contributed by atoms with Crippen LogP contribution in [0.1, 0.15) is 54.0 Å². The van der Waals surface area contributed by atoms with Gasteiger partial charge in [-0.2, -0.15) is 0 Å². The Morgan fingerprint density at radius 1 is 1.32 bits per heavy atom. The molecule has 7 nitrogen and oxygen atoms in total. The van der Waals surface area contributed by atoms with Gasteiger partial charge < -0.3 is 14.1 Å². The molecule has 0 aromatic carbocycles. The van der Waals surface area contributed by atoms with Gasteiger partial charge in [-0.3, -0.25) is 4.79 Å². The minimum absolute atomic E-state index is 0.0428. The summed E-state index contributed by atoms with van der Waals surface area (Å²) in [6.45, 7) is 1.81. The van der Waals surface area contributed by atoms with Crippen LogP contribution in [0.15, 0.2) is 10.5 Å². The van der Waals surface area contributed by atoms with E-state index in [4.69, 9.17) is 4.42 Å². The maximum atomic E-state index is 12.2. The molecular formula is C17H25NO6S. The quantitative estimate of drug-likeness (QED) is 0.681. The zero-order chi connectivity index (χ0) is 18.6. The molecule has 1 fully saturated rings. The molecule has 0 unspecified atom stereocenters. The highest BCUT2D eigenvalue weighted by atomic mass is 32.2. The number of carbonyl (C=O) groups excluding carboxylic acids is 2. The first-order valence-electron chi connectivity index (χ1n) is 8.37. The van der Waals surface area contributed by atoms with Crippen LogP contribution in [-0.4, -0.2) is 50.4 Å². The Hall–Kier alpha value is -1.83. The molecule has 0 bridgehead atoms. The number of nitrogens with zero attached hydrogens (tertiary/aromatic N) is 1. The van der Waals surface area contributed by atoms with E-state index in [2.05, 4.69) is 4.74 Å². The summed E-state index contributed by atoms with van der Waals surface area (Å²) in [4.78, 5) is 25.2. The second kappa shape index (κ2) is 8.03. The summed E-state index contributed by atoms with van der Waals surface area (Å²) in [5, 5.41) is -0.291. The summed E-state index contributed by atoms with van der Waals surface area (Å²) in [5.74, 6) is -0.0101. The van der Waals surface area contributed by atoms with Crippen LogP contribution in [0.5, 0.6) is 0 Å². The van der Waals surface area contributed by atoms with Crippen molar-refractivity contribution < 1.29 is 27.2 Å². The number of hydrogen-bond donors (Lipinski definition) is 0. The van der Waals surface area contributed by atoms with Gasteiger partial charge in [-0.25, -0.2) is 13.2 Å². The smallest absolute Gasteiger partial charge is 0.341 e. The van der Waals surface area contributed by atoms with Crippen molar-refractivity contribution in [3.05, 3.63) is 23.2 Å². The molecule has 0 radical (unpaired) electrons. The van der Waals surface area contributed by atoms with Gasteiger partial charge in [0.05, 0.1) is 24.7 Å². The molecule has 140 valence electrons. The maximum Gasteiger partial charge on any atom is 0.341 e. The summed E-state index contributed by atoms with van der Waals surface area (Å²) >= 11 is 0. The Bertz CT molecular complexity index is 730. The lowest BCUT2D eigenvalue weighted by molar-refractivity contribution is -0.130. The van der Waals surface area contributed by atoms with Gasteiger partial charge in [0.1, 0.15) is 17.1 Å². The number of carbonyl (C=O) groups is 2. The predicted molar refractivity (Wildman–Crippen MR) is 91.9 cm³/mol. The third-order valence-corrected chi connectivity index (χ3v) is 6.86. The number of esters is 1. The molecule has 0 aliphatic heterocycles. The number of methoxy groups -OCH3 is 1. The van der Waals surface area contributed by atoms with E-state index in [1.807, 2.05) is 0 Å². The number of rotatable bonds is 7. The number of amides is 1. The van der Waals surface area contributed by atoms with E-state index in [9.17, 15) is 18.0 Å². The lowest BCUT2D eigenvalue weighted by atomic mass is 10.2. The molecule has 1 aromatic rings. The monoisotopic (exact) mass is 371 g/mol. The maximum absolute atomic E-state index is 12.2. The van der Waals surface area contributed by atoms with Gasteiger partial charge >= 0.3 is 5.97 Å². The Kier molecular flexibility index (Phi) is 6.26. The molecule has 1 amide bonds. The number of sulfone groups is 1. The van der Waals surface area contributed by atoms with Crippen LogP contribution in [0, 0.1) is 6.92 Å². The second-order valence-electron chi connectivity index (χ2n) is 6.45. The van der Waals surface area contributed by atoms with Crippen molar-refractivity contribution in [3.63, 3.8) is 0 Å². The summed E-state index contributed by atoms with van der Waals surface area (Å²) < 4.78 is 34.6. The van der Waals surface area contributed by atoms with E-state index in [1.54, 1.807) is 20.0 Å². The molecule has 1 aliphatic carbocycles. The van der Waals surface area contributed by atoms with Crippen LogP contribution in [0.3, 0.4) is 0 Å². The molecule has 1 heterocycles. The molecule has 1 saturated carbocycles. The number of aryl methyl sites for hydroxylation is 1. The third kappa shape index (κ3) is 4.84. The van der Waals surface area contributed by atoms with Gasteiger partial charge in [-0.1, -0.05) is 12.8 Å². The topological polar surface area (TPSA) is 93.9 Å². The number of ether oxygens (including phenoxy) is 1. The zero-order valence-corrected chi connectivity index (χ0v) is 15.7. The average Bonchev–Trinajstić information content (AvgIpc) is 3.22. The van der Waals surface area contributed by atoms with E-state index in [0.29, 0.717) is 29.9 Å². The van der Waals surface area contributed by atoms with E-state index in [0.717, 1.165) is 12.8 Å². The van der Waals surface area contributed by atoms with Crippen LogP contribution in [0.4, 0.5) is 0 Å². The normalized spacial score (nSPS) is 15.3. The molecule has 0 spiro atoms. The summed E-state index contributed by atoms with van der Waals surface area (Å²) in [6.07, 6.45) is 3.25. The van der Waals surface area contributed by atoms with Crippen molar-refractivity contribution >= 4 is 21.7 Å². The van der Waals surface area contributed by atoms with Crippen LogP contribution in [0.2, 0.25) is 0 Å². The Morgan fingerprint density at radius 3 is 2.56 bits per heavy atom. The van der Waals surface area contributed by atoms with Crippen molar-refractivity contribution in [1.82, 2.24) is 4.90 Å². The summed E-state index contributed by atoms with van der Waals surface area (Å²) in [6, 6.07) is 1.54. The fourth-order valence-electron chi connectivity index (χ4n) is 3.09. The van der Waals surface area contributed by atoms with Crippen LogP contribution in [-0.2, 0) is 25.9 Å². The van der Waals surface area contributed by atoms with Gasteiger partial charge in [0.15, 0.2) is 9.84 Å². The third-order valence-electron chi connectivity index (χ3n) is 4.60. The molecule has 25 heavy (non-hydrogen) atoms. The molecular weight excluding hydrogens is 346 g/mol. The minimum atomic E-state index is -3.21. The summed E-state index contributed by atoms with van der Waals surface area (Å²) in [7, 11) is -0.341. The molecule has 0 saturated heterocycles. The van der Waals surface area contributed by atoms with Gasteiger partial charge in [0, 0.05) is 13.5 Å². The lowest BCUT2D eigenvalue weighted by Crippen LogP contribution is -2.30. The van der Waals surface area contributed by atoms with E-state index >= 15 is 0 Å². The minimum Gasteiger partial charge on any atom is -0.465 e. The van der Waals surface area contributed by atoms with Crippen molar-refractivity contribution in [2.45, 2.75) is 50.8 Å². The fraction of sp³-hybridized carbons (Fsp3) is 0.647. The van der Waals surface area contributed by atoms with E-state index < -0.39 is 15.8 Å². The highest BCUT2D eigenvalue weighted by molar-refractivity contribution is 7.92. The average molecular weight is 371 g/mol. The van der Waals surface area contributed by atoms with Gasteiger partial charge in [0.2, 0.25) is 5.91 Å². The molecule has 8 heteroatoms. The molecule has 2 rings (SSSR count). The molecule has 0 N–H and O–H groups in total. The molecule has 1 aliphatic rings. The van der Waals surface area contributed by atoms with Gasteiger partial charge in [0.25, 0.3) is 0 Å². The Balaban J connectivity index is 1.91. The van der Waals surface area contributed by atoms with Crippen molar-refractivity contribution in [3.8, 4) is 0 Å². The van der Waals surface area contributed by atoms with E-state index in [-0.39, 0.29) is 29.9 Å². The van der Waals surface area contributed by atoms with Gasteiger partial charge in [-0.05, 0) is 25.8 Å². The first-order valence-corrected chi connectivity index (χ1v) is 10.1. The van der Waals surface area contributed by atoms with Crippen molar-refractivity contribution in [2.24, 2.45) is 0 Å². The zero-order valence-electron chi connectivity index (χ0n) is 14.9. The predicted octanol–water partition coefficient (Wildman–Crippen LogP) is 2.08. The van der Waals surface area contributed by atoms with Crippen molar-refractivity contribution in [1.29, 1.82) is 0 Å². The van der Waals surface area contributed by atoms with Crippen LogP contribution >= 0.6 is 0 Å². The largest absolute Gasteiger partial charge is 0.465 e. The first-order chi connectivity index (χ1) is 11.7. The number of furan rings is 1. The fourth-order valence-corrected chi connectivity index (χ4v) is 4.93. The Labute approximate surface area is 148 Å². The van der Waals surface area contributed by atoms with Gasteiger partial charge in [-0.15, -0.1) is 0 Å². The standard InChI is InChI=1S/C17H25NO6S/c1-12-15(17(20)23-3)10-13(24-12)11-18(2)16(19)8-9-25(21,22)14-6-4-5-7-14/h10,14H,4-9,11H2,1-3H3. The SMILES string of the molecule is COC(=O)c1cc(CN(C)C(=O)CCS(=O)(=O)C2CCCC2)oc1C. The van der Waals surface area contributed by atoms with Crippen molar-refractivity contribution in [2.75, 3.05) is 19.9 Å². The van der Waals surface area contributed by atoms with Crippen LogP contribution < -0.4 is 0 Å². The highest BCUT2D eigenvalue weighted by Crippen LogP contribution is 2.25. The van der Waals surface area contributed by atoms with E-state index in [1.165, 1.54) is 12.0 Å². The second-order valence-corrected chi connectivity index (χ2v) is 8.85. The molecule has 0 atom stereocenters. The highest BCUT2D eigenvalue weighted by Gasteiger charge is 2.29. The Morgan fingerprint density at radius 2 is 1.96 bits per heavy atom. The van der Waals surface area contributed by atoms with Crippen LogP contribution in [0.25, 0.3) is 0 Å². The number of hydrogen-bond acceptors (Lipinski definition) is 6. The summed E-state index contributed by atoms with van der Waals surface area (Å²) in [5.41, 5.74) is 0.321. The molecule has 1 aromatic heterocycles. The lowest BCUT2D eigenvalue weighted by Gasteiger charge is -2.17. The first kappa shape index (κ1) is 19.5.